The summed E-state index contributed by atoms with van der Waals surface area (Å²) in [6.45, 7) is 5.35. The predicted molar refractivity (Wildman–Crippen MR) is 188 cm³/mol. The maximum Gasteiger partial charge on any atom is 0.264 e. The minimum atomic E-state index is -4.16. The van der Waals surface area contributed by atoms with E-state index >= 15 is 0 Å². The minimum Gasteiger partial charge on any atom is -0.352 e. The molecule has 0 heterocycles. The van der Waals surface area contributed by atoms with Crippen LogP contribution in [0, 0.1) is 20.8 Å². The van der Waals surface area contributed by atoms with Gasteiger partial charge < -0.3 is 10.2 Å². The molecule has 7 nitrogen and oxygen atoms in total. The van der Waals surface area contributed by atoms with Crippen LogP contribution in [0.4, 0.5) is 5.69 Å². The fraction of sp³-hybridized carbons (Fsp3) is 0.316. The lowest BCUT2D eigenvalue weighted by atomic mass is 10.0. The zero-order chi connectivity index (χ0) is 33.6. The molecule has 4 aromatic carbocycles. The third kappa shape index (κ3) is 8.62. The number of carbonyl (C=O) groups is 2. The predicted octanol–water partition coefficient (Wildman–Crippen LogP) is 7.16. The Balaban J connectivity index is 1.57. The Morgan fingerprint density at radius 2 is 1.49 bits per heavy atom. The Morgan fingerprint density at radius 1 is 0.830 bits per heavy atom. The molecule has 1 saturated carbocycles. The number of hydrogen-bond donors (Lipinski definition) is 1. The van der Waals surface area contributed by atoms with Crippen LogP contribution in [0.2, 0.25) is 5.02 Å². The van der Waals surface area contributed by atoms with E-state index in [9.17, 15) is 18.0 Å². The number of hydrogen-bond acceptors (Lipinski definition) is 4. The Labute approximate surface area is 283 Å². The summed E-state index contributed by atoms with van der Waals surface area (Å²) in [4.78, 5) is 30.4. The molecule has 0 aliphatic heterocycles. The van der Waals surface area contributed by atoms with Gasteiger partial charge in [-0.2, -0.15) is 0 Å². The van der Waals surface area contributed by atoms with Crippen LogP contribution in [0.25, 0.3) is 0 Å². The van der Waals surface area contributed by atoms with Gasteiger partial charge in [0.25, 0.3) is 10.0 Å². The highest BCUT2D eigenvalue weighted by atomic mass is 35.5. The van der Waals surface area contributed by atoms with Crippen molar-refractivity contribution in [3.63, 3.8) is 0 Å². The number of anilines is 1. The Hall–Kier alpha value is -4.14. The lowest BCUT2D eigenvalue weighted by molar-refractivity contribution is -0.140. The smallest absolute Gasteiger partial charge is 0.264 e. The quantitative estimate of drug-likeness (QED) is 0.173. The van der Waals surface area contributed by atoms with Crippen molar-refractivity contribution >= 4 is 39.1 Å². The number of amides is 2. The zero-order valence-corrected chi connectivity index (χ0v) is 28.7. The van der Waals surface area contributed by atoms with E-state index in [1.807, 2.05) is 69.3 Å². The van der Waals surface area contributed by atoms with E-state index in [-0.39, 0.29) is 29.8 Å². The first-order valence-corrected chi connectivity index (χ1v) is 17.9. The van der Waals surface area contributed by atoms with E-state index < -0.39 is 28.5 Å². The van der Waals surface area contributed by atoms with Crippen LogP contribution in [0.1, 0.15) is 53.5 Å². The summed E-state index contributed by atoms with van der Waals surface area (Å²) < 4.78 is 29.7. The first kappa shape index (κ1) is 34.2. The monoisotopic (exact) mass is 671 g/mol. The van der Waals surface area contributed by atoms with E-state index in [1.54, 1.807) is 48.5 Å². The van der Waals surface area contributed by atoms with Crippen LogP contribution in [0.3, 0.4) is 0 Å². The molecule has 0 aromatic heterocycles. The van der Waals surface area contributed by atoms with Gasteiger partial charge in [0.2, 0.25) is 11.8 Å². The molecule has 1 aliphatic rings. The maximum absolute atomic E-state index is 14.7. The lowest BCUT2D eigenvalue weighted by Gasteiger charge is -2.34. The number of nitrogens with one attached hydrogen (secondary N) is 1. The van der Waals surface area contributed by atoms with Gasteiger partial charge >= 0.3 is 0 Å². The molecule has 9 heteroatoms. The second-order valence-corrected chi connectivity index (χ2v) is 14.7. The van der Waals surface area contributed by atoms with Crippen LogP contribution in [-0.2, 0) is 32.6 Å². The van der Waals surface area contributed by atoms with Gasteiger partial charge in [-0.1, -0.05) is 90.7 Å². The van der Waals surface area contributed by atoms with Crippen molar-refractivity contribution < 1.29 is 18.0 Å². The molecule has 2 amide bonds. The van der Waals surface area contributed by atoms with Crippen LogP contribution < -0.4 is 9.62 Å². The van der Waals surface area contributed by atoms with E-state index in [4.69, 9.17) is 11.6 Å². The van der Waals surface area contributed by atoms with Gasteiger partial charge in [-0.05, 0) is 92.3 Å². The summed E-state index contributed by atoms with van der Waals surface area (Å²) in [5, 5.41) is 3.76. The fourth-order valence-electron chi connectivity index (χ4n) is 5.95. The molecule has 1 N–H and O–H groups in total. The molecule has 1 atom stereocenters. The highest BCUT2D eigenvalue weighted by molar-refractivity contribution is 7.92. The highest BCUT2D eigenvalue weighted by Gasteiger charge is 2.35. The topological polar surface area (TPSA) is 86.8 Å². The average molecular weight is 672 g/mol. The summed E-state index contributed by atoms with van der Waals surface area (Å²) in [6.07, 6.45) is 4.15. The van der Waals surface area contributed by atoms with Crippen molar-refractivity contribution in [2.24, 2.45) is 0 Å². The number of aryl methyl sites for hydroxylation is 3. The fourth-order valence-corrected chi connectivity index (χ4v) is 7.49. The Morgan fingerprint density at radius 3 is 2.13 bits per heavy atom. The molecule has 1 aliphatic carbocycles. The second kappa shape index (κ2) is 15.2. The normalized spacial score (nSPS) is 14.0. The summed E-state index contributed by atoms with van der Waals surface area (Å²) in [6, 6.07) is 27.8. The number of halogens is 1. The van der Waals surface area contributed by atoms with Gasteiger partial charge in [0.1, 0.15) is 12.6 Å². The third-order valence-electron chi connectivity index (χ3n) is 8.91. The summed E-state index contributed by atoms with van der Waals surface area (Å²) in [5.41, 5.74) is 4.87. The Kier molecular flexibility index (Phi) is 11.0. The van der Waals surface area contributed by atoms with Gasteiger partial charge in [-0.15, -0.1) is 0 Å². The number of carbonyl (C=O) groups excluding carboxylic acids is 2. The van der Waals surface area contributed by atoms with Crippen molar-refractivity contribution in [3.8, 4) is 0 Å². The van der Waals surface area contributed by atoms with Crippen LogP contribution >= 0.6 is 11.6 Å². The molecule has 5 rings (SSSR count). The molecular weight excluding hydrogens is 630 g/mol. The largest absolute Gasteiger partial charge is 0.352 e. The number of rotatable bonds is 12. The zero-order valence-electron chi connectivity index (χ0n) is 27.2. The summed E-state index contributed by atoms with van der Waals surface area (Å²) >= 11 is 6.19. The number of benzene rings is 4. The van der Waals surface area contributed by atoms with Gasteiger partial charge in [-0.3, -0.25) is 13.9 Å². The maximum atomic E-state index is 14.7. The van der Waals surface area contributed by atoms with Crippen molar-refractivity contribution in [2.45, 2.75) is 76.4 Å². The van der Waals surface area contributed by atoms with E-state index in [0.29, 0.717) is 10.7 Å². The molecule has 0 saturated heterocycles. The van der Waals surface area contributed by atoms with Crippen molar-refractivity contribution in [1.82, 2.24) is 10.2 Å². The standard InChI is InChI=1S/C38H42ClN3O4S/c1-27-13-21-35(22-14-27)47(45,46)42(34-20-15-28(2)29(3)23-34)26-37(43)41(25-31-16-18-32(39)19-17-31)36(24-30-9-5-4-6-10-30)38(44)40-33-11-7-8-12-33/h4-6,9-10,13-23,33,36H,7-8,11-12,24-26H2,1-3H3,(H,40,44)/t36-/m0/s1. The molecule has 0 unspecified atom stereocenters. The van der Waals surface area contributed by atoms with Gasteiger partial charge in [0.05, 0.1) is 10.6 Å². The SMILES string of the molecule is Cc1ccc(S(=O)(=O)N(CC(=O)N(Cc2ccc(Cl)cc2)[C@@H](Cc2ccccc2)C(=O)NC2CCCC2)c2ccc(C)c(C)c2)cc1. The lowest BCUT2D eigenvalue weighted by Crippen LogP contribution is -2.54. The first-order chi connectivity index (χ1) is 22.5. The summed E-state index contributed by atoms with van der Waals surface area (Å²) in [5.74, 6) is -0.737. The van der Waals surface area contributed by atoms with E-state index in [0.717, 1.165) is 57.8 Å². The van der Waals surface area contributed by atoms with E-state index in [2.05, 4.69) is 5.32 Å². The minimum absolute atomic E-state index is 0.0437. The van der Waals surface area contributed by atoms with Crippen molar-refractivity contribution in [3.05, 3.63) is 130 Å². The molecule has 0 radical (unpaired) electrons. The third-order valence-corrected chi connectivity index (χ3v) is 10.9. The van der Waals surface area contributed by atoms with Crippen LogP contribution in [0.5, 0.6) is 0 Å². The van der Waals surface area contributed by atoms with Gasteiger partial charge in [0, 0.05) is 24.0 Å². The molecule has 246 valence electrons. The molecule has 0 spiro atoms. The van der Waals surface area contributed by atoms with Gasteiger partial charge in [-0.25, -0.2) is 8.42 Å². The first-order valence-electron chi connectivity index (χ1n) is 16.1. The molecular formula is C38H42ClN3O4S. The summed E-state index contributed by atoms with van der Waals surface area (Å²) in [7, 11) is -4.16. The second-order valence-electron chi connectivity index (χ2n) is 12.4. The van der Waals surface area contributed by atoms with Crippen LogP contribution in [-0.4, -0.2) is 43.8 Å². The van der Waals surface area contributed by atoms with Crippen molar-refractivity contribution in [2.75, 3.05) is 10.8 Å². The van der Waals surface area contributed by atoms with Crippen molar-refractivity contribution in [1.29, 1.82) is 0 Å². The molecule has 0 bridgehead atoms. The molecule has 4 aromatic rings. The van der Waals surface area contributed by atoms with Gasteiger partial charge in [0.15, 0.2) is 0 Å². The van der Waals surface area contributed by atoms with Crippen LogP contribution in [0.15, 0.2) is 102 Å². The Bertz CT molecular complexity index is 1790. The number of nitrogens with zero attached hydrogens (tertiary/aromatic N) is 2. The molecule has 1 fully saturated rings. The average Bonchev–Trinajstić information content (AvgIpc) is 3.57. The van der Waals surface area contributed by atoms with E-state index in [1.165, 1.54) is 4.90 Å². The number of sulfonamides is 1. The highest BCUT2D eigenvalue weighted by Crippen LogP contribution is 2.28. The molecule has 47 heavy (non-hydrogen) atoms.